The molecule has 0 saturated carbocycles. The number of rotatable bonds is 5. The molecular formula is C12H25N3. The normalized spacial score (nSPS) is 21.1. The second kappa shape index (κ2) is 5.38. The molecule has 0 N–H and O–H groups in total. The van der Waals surface area contributed by atoms with Gasteiger partial charge in [0.05, 0.1) is 0 Å². The third-order valence-electron chi connectivity index (χ3n) is 2.67. The Bertz CT molecular complexity index is 211. The molecule has 1 unspecified atom stereocenters. The van der Waals surface area contributed by atoms with Gasteiger partial charge in [-0.15, -0.1) is 0 Å². The fraction of sp³-hybridized carbons (Fsp3) is 0.917. The first kappa shape index (κ1) is 12.3. The lowest BCUT2D eigenvalue weighted by Gasteiger charge is -2.33. The molecule has 1 heterocycles. The highest BCUT2D eigenvalue weighted by Gasteiger charge is 2.28. The lowest BCUT2D eigenvalue weighted by atomic mass is 10.1. The molecule has 0 fully saturated rings. The van der Waals surface area contributed by atoms with Gasteiger partial charge in [0.2, 0.25) is 0 Å². The summed E-state index contributed by atoms with van der Waals surface area (Å²) in [6.07, 6.45) is 4.91. The lowest BCUT2D eigenvalue weighted by Crippen LogP contribution is -2.43. The molecule has 88 valence electrons. The Balaban J connectivity index is 2.62. The van der Waals surface area contributed by atoms with Crippen LogP contribution in [-0.4, -0.2) is 35.0 Å². The lowest BCUT2D eigenvalue weighted by molar-refractivity contribution is 0.0860. The minimum Gasteiger partial charge on any atom is -0.339 e. The number of nitrogens with zero attached hydrogens (tertiary/aromatic N) is 3. The van der Waals surface area contributed by atoms with Gasteiger partial charge in [-0.3, -0.25) is 5.01 Å². The first-order valence-corrected chi connectivity index (χ1v) is 6.14. The van der Waals surface area contributed by atoms with Gasteiger partial charge < -0.3 is 4.90 Å². The second-order valence-corrected chi connectivity index (χ2v) is 5.06. The summed E-state index contributed by atoms with van der Waals surface area (Å²) in [4.78, 5) is 2.38. The molecule has 0 saturated heterocycles. The first-order valence-electron chi connectivity index (χ1n) is 6.14. The monoisotopic (exact) mass is 211 g/mol. The third kappa shape index (κ3) is 3.11. The molecule has 0 aliphatic carbocycles. The Morgan fingerprint density at radius 3 is 2.40 bits per heavy atom. The van der Waals surface area contributed by atoms with Crippen molar-refractivity contribution in [3.8, 4) is 0 Å². The van der Waals surface area contributed by atoms with Crippen molar-refractivity contribution in [2.24, 2.45) is 11.0 Å². The Morgan fingerprint density at radius 1 is 1.27 bits per heavy atom. The van der Waals surface area contributed by atoms with Gasteiger partial charge in [0.25, 0.3) is 0 Å². The zero-order valence-corrected chi connectivity index (χ0v) is 10.8. The van der Waals surface area contributed by atoms with E-state index >= 15 is 0 Å². The molecule has 3 nitrogen and oxygen atoms in total. The summed E-state index contributed by atoms with van der Waals surface area (Å²) in [5.41, 5.74) is 0. The Kier molecular flexibility index (Phi) is 4.43. The van der Waals surface area contributed by atoms with Crippen LogP contribution in [0.2, 0.25) is 0 Å². The van der Waals surface area contributed by atoms with Crippen LogP contribution in [0.1, 0.15) is 47.5 Å². The Hall–Kier alpha value is -0.730. The summed E-state index contributed by atoms with van der Waals surface area (Å²) in [6, 6.07) is 0.495. The summed E-state index contributed by atoms with van der Waals surface area (Å²) in [6.45, 7) is 12.3. The summed E-state index contributed by atoms with van der Waals surface area (Å²) in [7, 11) is 0. The molecule has 0 spiro atoms. The summed E-state index contributed by atoms with van der Waals surface area (Å²) < 4.78 is 0. The van der Waals surface area contributed by atoms with Crippen LogP contribution in [0.15, 0.2) is 5.10 Å². The highest BCUT2D eigenvalue weighted by molar-refractivity contribution is 5.57. The number of hydrazone groups is 1. The average molecular weight is 211 g/mol. The van der Waals surface area contributed by atoms with Crippen LogP contribution in [0.3, 0.4) is 0 Å². The maximum atomic E-state index is 4.50. The Labute approximate surface area is 94.1 Å². The summed E-state index contributed by atoms with van der Waals surface area (Å²) >= 11 is 0. The zero-order valence-electron chi connectivity index (χ0n) is 10.8. The largest absolute Gasteiger partial charge is 0.339 e. The van der Waals surface area contributed by atoms with Gasteiger partial charge in [-0.05, 0) is 26.2 Å². The third-order valence-corrected chi connectivity index (χ3v) is 2.67. The molecule has 0 amide bonds. The SMILES string of the molecule is CCCC1N(CC(C)C)C=NN1C(C)C. The molecule has 3 heteroatoms. The van der Waals surface area contributed by atoms with Crippen molar-refractivity contribution in [2.45, 2.75) is 59.7 Å². The predicted octanol–water partition coefficient (Wildman–Crippen LogP) is 2.74. The smallest absolute Gasteiger partial charge is 0.119 e. The van der Waals surface area contributed by atoms with Gasteiger partial charge in [-0.25, -0.2) is 0 Å². The quantitative estimate of drug-likeness (QED) is 0.696. The highest BCUT2D eigenvalue weighted by Crippen LogP contribution is 2.20. The molecule has 0 bridgehead atoms. The van der Waals surface area contributed by atoms with E-state index in [-0.39, 0.29) is 0 Å². The van der Waals surface area contributed by atoms with E-state index in [1.807, 2.05) is 6.34 Å². The van der Waals surface area contributed by atoms with Crippen LogP contribution in [0.4, 0.5) is 0 Å². The molecule has 0 aromatic carbocycles. The highest BCUT2D eigenvalue weighted by atomic mass is 15.6. The molecule has 1 aliphatic heterocycles. The van der Waals surface area contributed by atoms with E-state index in [1.54, 1.807) is 0 Å². The number of hydrogen-bond acceptors (Lipinski definition) is 3. The van der Waals surface area contributed by atoms with Crippen molar-refractivity contribution in [1.82, 2.24) is 9.91 Å². The van der Waals surface area contributed by atoms with Gasteiger partial charge >= 0.3 is 0 Å². The molecule has 0 aromatic rings. The van der Waals surface area contributed by atoms with E-state index in [9.17, 15) is 0 Å². The van der Waals surface area contributed by atoms with Gasteiger partial charge in [-0.1, -0.05) is 27.2 Å². The van der Waals surface area contributed by atoms with Crippen molar-refractivity contribution in [3.63, 3.8) is 0 Å². The van der Waals surface area contributed by atoms with Gasteiger partial charge in [0.15, 0.2) is 0 Å². The van der Waals surface area contributed by atoms with Crippen LogP contribution in [-0.2, 0) is 0 Å². The van der Waals surface area contributed by atoms with Crippen LogP contribution in [0.5, 0.6) is 0 Å². The number of hydrogen-bond donors (Lipinski definition) is 0. The van der Waals surface area contributed by atoms with E-state index in [2.05, 4.69) is 49.6 Å². The molecule has 0 aromatic heterocycles. The molecule has 0 radical (unpaired) electrons. The second-order valence-electron chi connectivity index (χ2n) is 5.06. The van der Waals surface area contributed by atoms with Gasteiger partial charge in [-0.2, -0.15) is 5.10 Å². The van der Waals surface area contributed by atoms with Crippen molar-refractivity contribution >= 4 is 6.34 Å². The molecule has 1 aliphatic rings. The average Bonchev–Trinajstić information content (AvgIpc) is 2.48. The van der Waals surface area contributed by atoms with Crippen molar-refractivity contribution in [2.75, 3.05) is 6.54 Å². The molecule has 1 rings (SSSR count). The molecule has 1 atom stereocenters. The predicted molar refractivity (Wildman–Crippen MR) is 65.7 cm³/mol. The topological polar surface area (TPSA) is 18.8 Å². The Morgan fingerprint density at radius 2 is 1.93 bits per heavy atom. The fourth-order valence-electron chi connectivity index (χ4n) is 2.06. The summed E-state index contributed by atoms with van der Waals surface area (Å²) in [5, 5.41) is 6.73. The van der Waals surface area contributed by atoms with E-state index in [1.165, 1.54) is 12.8 Å². The standard InChI is InChI=1S/C12H25N3/c1-6-7-12-14(8-10(2)3)9-13-15(12)11(4)5/h9-12H,6-8H2,1-5H3. The zero-order chi connectivity index (χ0) is 11.4. The molecular weight excluding hydrogens is 186 g/mol. The van der Waals surface area contributed by atoms with Gasteiger partial charge in [0.1, 0.15) is 12.5 Å². The van der Waals surface area contributed by atoms with Crippen molar-refractivity contribution in [1.29, 1.82) is 0 Å². The minimum absolute atomic E-state index is 0.484. The maximum Gasteiger partial charge on any atom is 0.119 e. The van der Waals surface area contributed by atoms with Crippen molar-refractivity contribution in [3.05, 3.63) is 0 Å². The van der Waals surface area contributed by atoms with E-state index in [0.717, 1.165) is 6.54 Å². The van der Waals surface area contributed by atoms with Crippen LogP contribution in [0, 0.1) is 5.92 Å². The minimum atomic E-state index is 0.484. The van der Waals surface area contributed by atoms with E-state index in [0.29, 0.717) is 18.1 Å². The van der Waals surface area contributed by atoms with Crippen molar-refractivity contribution < 1.29 is 0 Å². The van der Waals surface area contributed by atoms with E-state index in [4.69, 9.17) is 0 Å². The van der Waals surface area contributed by atoms with E-state index < -0.39 is 0 Å². The first-order chi connectivity index (χ1) is 7.06. The van der Waals surface area contributed by atoms with Gasteiger partial charge in [0, 0.05) is 12.6 Å². The van der Waals surface area contributed by atoms with Crippen LogP contribution < -0.4 is 0 Å². The van der Waals surface area contributed by atoms with Crippen LogP contribution >= 0.6 is 0 Å². The maximum absolute atomic E-state index is 4.50. The summed E-state index contributed by atoms with van der Waals surface area (Å²) in [5.74, 6) is 0.697. The van der Waals surface area contributed by atoms with Crippen LogP contribution in [0.25, 0.3) is 0 Å². The fourth-order valence-corrected chi connectivity index (χ4v) is 2.06. The molecule has 15 heavy (non-hydrogen) atoms.